The van der Waals surface area contributed by atoms with Crippen molar-refractivity contribution in [3.63, 3.8) is 0 Å². The second-order valence-electron chi connectivity index (χ2n) is 4.40. The van der Waals surface area contributed by atoms with Crippen LogP contribution < -0.4 is 5.32 Å². The van der Waals surface area contributed by atoms with Crippen LogP contribution >= 0.6 is 0 Å². The van der Waals surface area contributed by atoms with E-state index in [-0.39, 0.29) is 5.82 Å². The summed E-state index contributed by atoms with van der Waals surface area (Å²) in [5.41, 5.74) is 2.33. The summed E-state index contributed by atoms with van der Waals surface area (Å²) in [6, 6.07) is 6.61. The first-order valence-corrected chi connectivity index (χ1v) is 5.83. The minimum absolute atomic E-state index is 0.275. The van der Waals surface area contributed by atoms with Gasteiger partial charge in [-0.25, -0.2) is 9.37 Å². The Morgan fingerprint density at radius 1 is 1.16 bits per heavy atom. The molecule has 0 amide bonds. The molecule has 0 unspecified atom stereocenters. The average molecular weight is 257 g/mol. The third-order valence-corrected chi connectivity index (χ3v) is 2.69. The maximum atomic E-state index is 13.4. The third kappa shape index (κ3) is 2.24. The van der Waals surface area contributed by atoms with E-state index in [1.807, 2.05) is 26.0 Å². The molecule has 1 N–H and O–H groups in total. The Labute approximate surface area is 109 Å². The number of nitrogens with zero attached hydrogens (tertiary/aromatic N) is 4. The van der Waals surface area contributed by atoms with Gasteiger partial charge in [-0.2, -0.15) is 14.6 Å². The molecule has 2 heterocycles. The topological polar surface area (TPSA) is 55.1 Å². The Morgan fingerprint density at radius 3 is 2.79 bits per heavy atom. The lowest BCUT2D eigenvalue weighted by atomic mass is 10.2. The zero-order valence-corrected chi connectivity index (χ0v) is 10.6. The smallest absolute Gasteiger partial charge is 0.254 e. The van der Waals surface area contributed by atoms with Gasteiger partial charge in [0.05, 0.1) is 0 Å². The Balaban J connectivity index is 2.07. The number of hydrogen-bond acceptors (Lipinski definition) is 4. The number of fused-ring (bicyclic) bond motifs is 1. The molecule has 5 nitrogen and oxygen atoms in total. The highest BCUT2D eigenvalue weighted by Crippen LogP contribution is 2.19. The lowest BCUT2D eigenvalue weighted by Crippen LogP contribution is -2.03. The van der Waals surface area contributed by atoms with Gasteiger partial charge in [-0.05, 0) is 37.6 Å². The molecule has 0 saturated heterocycles. The van der Waals surface area contributed by atoms with Crippen molar-refractivity contribution in [3.8, 4) is 0 Å². The van der Waals surface area contributed by atoms with E-state index < -0.39 is 0 Å². The standard InChI is InChI=1S/C13H12FN5/c1-8-3-10(14)6-11(4-8)18-12-5-9(2)17-13-15-7-16-19(12)13/h3-7,18H,1-2H3. The molecule has 1 aromatic carbocycles. The zero-order chi connectivity index (χ0) is 13.4. The van der Waals surface area contributed by atoms with Gasteiger partial charge in [0.15, 0.2) is 0 Å². The monoisotopic (exact) mass is 257 g/mol. The van der Waals surface area contributed by atoms with E-state index in [0.29, 0.717) is 17.3 Å². The van der Waals surface area contributed by atoms with E-state index >= 15 is 0 Å². The first kappa shape index (κ1) is 11.6. The van der Waals surface area contributed by atoms with E-state index in [1.165, 1.54) is 18.5 Å². The van der Waals surface area contributed by atoms with Crippen molar-refractivity contribution in [3.05, 3.63) is 47.7 Å². The number of benzene rings is 1. The molecule has 0 spiro atoms. The van der Waals surface area contributed by atoms with Crippen molar-refractivity contribution >= 4 is 17.3 Å². The fraction of sp³-hybridized carbons (Fsp3) is 0.154. The molecule has 2 aromatic heterocycles. The highest BCUT2D eigenvalue weighted by molar-refractivity contribution is 5.59. The summed E-state index contributed by atoms with van der Waals surface area (Å²) in [4.78, 5) is 8.29. The van der Waals surface area contributed by atoms with E-state index in [1.54, 1.807) is 4.52 Å². The quantitative estimate of drug-likeness (QED) is 0.766. The van der Waals surface area contributed by atoms with E-state index in [4.69, 9.17) is 0 Å². The minimum atomic E-state index is -0.275. The molecule has 0 aliphatic rings. The van der Waals surface area contributed by atoms with Gasteiger partial charge in [-0.15, -0.1) is 0 Å². The van der Waals surface area contributed by atoms with Crippen molar-refractivity contribution in [2.24, 2.45) is 0 Å². The molecule has 96 valence electrons. The first-order valence-electron chi connectivity index (χ1n) is 5.83. The molecule has 0 bridgehead atoms. The third-order valence-electron chi connectivity index (χ3n) is 2.69. The van der Waals surface area contributed by atoms with E-state index in [2.05, 4.69) is 20.4 Å². The van der Waals surface area contributed by atoms with Crippen LogP contribution in [0.2, 0.25) is 0 Å². The molecule has 3 aromatic rings. The van der Waals surface area contributed by atoms with Gasteiger partial charge in [0.25, 0.3) is 5.78 Å². The van der Waals surface area contributed by atoms with Crippen molar-refractivity contribution in [1.82, 2.24) is 19.6 Å². The van der Waals surface area contributed by atoms with Crippen molar-refractivity contribution in [2.45, 2.75) is 13.8 Å². The molecule has 0 radical (unpaired) electrons. The molecule has 0 aliphatic heterocycles. The summed E-state index contributed by atoms with van der Waals surface area (Å²) in [7, 11) is 0. The largest absolute Gasteiger partial charge is 0.340 e. The van der Waals surface area contributed by atoms with Crippen LogP contribution in [0, 0.1) is 19.7 Å². The van der Waals surface area contributed by atoms with Crippen LogP contribution in [0.5, 0.6) is 0 Å². The van der Waals surface area contributed by atoms with Gasteiger partial charge in [0, 0.05) is 17.4 Å². The predicted octanol–water partition coefficient (Wildman–Crippen LogP) is 2.62. The molecule has 6 heteroatoms. The van der Waals surface area contributed by atoms with Crippen LogP contribution in [0.25, 0.3) is 5.78 Å². The minimum Gasteiger partial charge on any atom is -0.340 e. The lowest BCUT2D eigenvalue weighted by molar-refractivity contribution is 0.627. The molecule has 19 heavy (non-hydrogen) atoms. The Hall–Kier alpha value is -2.50. The predicted molar refractivity (Wildman–Crippen MR) is 69.9 cm³/mol. The second-order valence-corrected chi connectivity index (χ2v) is 4.40. The van der Waals surface area contributed by atoms with Crippen molar-refractivity contribution in [2.75, 3.05) is 5.32 Å². The van der Waals surface area contributed by atoms with Gasteiger partial charge >= 0.3 is 0 Å². The van der Waals surface area contributed by atoms with Crippen molar-refractivity contribution in [1.29, 1.82) is 0 Å². The van der Waals surface area contributed by atoms with Crippen LogP contribution in [0.4, 0.5) is 15.9 Å². The number of nitrogens with one attached hydrogen (secondary N) is 1. The van der Waals surface area contributed by atoms with Gasteiger partial charge in [-0.1, -0.05) is 0 Å². The number of halogens is 1. The number of anilines is 2. The lowest BCUT2D eigenvalue weighted by Gasteiger charge is -2.09. The summed E-state index contributed by atoms with van der Waals surface area (Å²) < 4.78 is 15.0. The maximum absolute atomic E-state index is 13.4. The maximum Gasteiger partial charge on any atom is 0.254 e. The number of aromatic nitrogens is 4. The van der Waals surface area contributed by atoms with Crippen LogP contribution in [0.3, 0.4) is 0 Å². The van der Waals surface area contributed by atoms with Crippen LogP contribution in [-0.4, -0.2) is 19.6 Å². The van der Waals surface area contributed by atoms with Crippen molar-refractivity contribution < 1.29 is 4.39 Å². The summed E-state index contributed by atoms with van der Waals surface area (Å²) in [5.74, 6) is 0.934. The highest BCUT2D eigenvalue weighted by Gasteiger charge is 2.06. The SMILES string of the molecule is Cc1cc(F)cc(Nc2cc(C)nc3ncnn23)c1. The molecule has 0 atom stereocenters. The second kappa shape index (κ2) is 4.31. The molecule has 0 fully saturated rings. The summed E-state index contributed by atoms with van der Waals surface area (Å²) in [6.45, 7) is 3.72. The molecular weight excluding hydrogens is 245 g/mol. The van der Waals surface area contributed by atoms with Gasteiger partial charge in [-0.3, -0.25) is 0 Å². The van der Waals surface area contributed by atoms with Gasteiger partial charge < -0.3 is 5.32 Å². The highest BCUT2D eigenvalue weighted by atomic mass is 19.1. The summed E-state index contributed by atoms with van der Waals surface area (Å²) in [6.07, 6.45) is 1.43. The van der Waals surface area contributed by atoms with Crippen LogP contribution in [0.15, 0.2) is 30.6 Å². The number of hydrogen-bond donors (Lipinski definition) is 1. The Bertz CT molecular complexity index is 730. The molecular formula is C13H12FN5. The van der Waals surface area contributed by atoms with Gasteiger partial charge in [0.2, 0.25) is 0 Å². The number of aryl methyl sites for hydroxylation is 2. The fourth-order valence-electron chi connectivity index (χ4n) is 1.98. The van der Waals surface area contributed by atoms with E-state index in [0.717, 1.165) is 11.3 Å². The van der Waals surface area contributed by atoms with Crippen LogP contribution in [-0.2, 0) is 0 Å². The van der Waals surface area contributed by atoms with Crippen LogP contribution in [0.1, 0.15) is 11.3 Å². The first-order chi connectivity index (χ1) is 9.11. The Kier molecular flexibility index (Phi) is 2.63. The average Bonchev–Trinajstić information content (AvgIpc) is 2.75. The molecule has 0 aliphatic carbocycles. The molecule has 0 saturated carbocycles. The normalized spacial score (nSPS) is 10.9. The zero-order valence-electron chi connectivity index (χ0n) is 10.6. The molecule has 3 rings (SSSR count). The number of rotatable bonds is 2. The van der Waals surface area contributed by atoms with E-state index in [9.17, 15) is 4.39 Å². The Morgan fingerprint density at radius 2 is 2.00 bits per heavy atom. The van der Waals surface area contributed by atoms with Gasteiger partial charge in [0.1, 0.15) is 18.0 Å². The summed E-state index contributed by atoms with van der Waals surface area (Å²) in [5, 5.41) is 7.22. The summed E-state index contributed by atoms with van der Waals surface area (Å²) >= 11 is 0. The fourth-order valence-corrected chi connectivity index (χ4v) is 1.98.